The number of rotatable bonds is 4. The Hall–Kier alpha value is -3.94. The van der Waals surface area contributed by atoms with Gasteiger partial charge in [-0.3, -0.25) is 0 Å². The third-order valence-corrected chi connectivity index (χ3v) is 14.0. The molecule has 4 aromatic carbocycles. The Balaban J connectivity index is 1.95. The molecule has 1 unspecified atom stereocenters. The van der Waals surface area contributed by atoms with E-state index in [1.807, 2.05) is 0 Å². The first-order chi connectivity index (χ1) is 22.2. The van der Waals surface area contributed by atoms with E-state index in [-0.39, 0.29) is 12.1 Å². The molecule has 6 rings (SSSR count). The van der Waals surface area contributed by atoms with Crippen LogP contribution in [0.15, 0.2) is 109 Å². The van der Waals surface area contributed by atoms with Crippen molar-refractivity contribution in [3.05, 3.63) is 131 Å². The molecule has 2 aliphatic rings. The second-order valence-electron chi connectivity index (χ2n) is 11.1. The van der Waals surface area contributed by atoms with Crippen LogP contribution in [0.5, 0.6) is 0 Å². The predicted molar refractivity (Wildman–Crippen MR) is 149 cm³/mol. The fraction of sp³-hybridized carbons (Fsp3) is 0.219. The summed E-state index contributed by atoms with van der Waals surface area (Å²) in [6.45, 7) is 0. The van der Waals surface area contributed by atoms with Gasteiger partial charge in [-0.1, -0.05) is 0 Å². The standard InChI is InChI=1S/C32H19F12O3P/c33-29(34,35)27(30(36,37)38)21-15-7-9-17-23(21)48(46-27,26(20-13-5-2-6-14-20)25(45)19-11-3-1-4-12-19)24-18-10-8-16-22(24)28(47-48,31(39,40)41)32(42,43)44/h1-18,26H. The summed E-state index contributed by atoms with van der Waals surface area (Å²) in [6.07, 6.45) is -26.3. The van der Waals surface area contributed by atoms with Gasteiger partial charge in [0.2, 0.25) is 0 Å². The number of benzene rings is 4. The van der Waals surface area contributed by atoms with Gasteiger partial charge in [0.05, 0.1) is 0 Å². The van der Waals surface area contributed by atoms with Crippen molar-refractivity contribution in [2.75, 3.05) is 0 Å². The molecule has 16 heteroatoms. The molecule has 254 valence electrons. The van der Waals surface area contributed by atoms with Crippen LogP contribution in [0.2, 0.25) is 0 Å². The van der Waals surface area contributed by atoms with E-state index >= 15 is 52.7 Å². The number of alkyl halides is 12. The number of Topliss-reactive ketones (excluding diaryl/α,β-unsaturated/α-hetero) is 1. The van der Waals surface area contributed by atoms with E-state index in [0.29, 0.717) is 24.3 Å². The molecule has 1 spiro atoms. The third kappa shape index (κ3) is 4.07. The fourth-order valence-electron chi connectivity index (χ4n) is 6.82. The molecule has 1 atom stereocenters. The van der Waals surface area contributed by atoms with E-state index in [1.165, 1.54) is 24.3 Å². The summed E-state index contributed by atoms with van der Waals surface area (Å²) >= 11 is 0. The second kappa shape index (κ2) is 10.3. The van der Waals surface area contributed by atoms with Gasteiger partial charge in [-0.15, -0.1) is 0 Å². The van der Waals surface area contributed by atoms with Crippen molar-refractivity contribution >= 4 is 23.4 Å². The van der Waals surface area contributed by atoms with Gasteiger partial charge in [0.15, 0.2) is 0 Å². The molecule has 2 heterocycles. The van der Waals surface area contributed by atoms with Crippen LogP contribution in [0.3, 0.4) is 0 Å². The summed E-state index contributed by atoms with van der Waals surface area (Å²) in [7, 11) is -7.47. The zero-order valence-corrected chi connectivity index (χ0v) is 24.6. The Bertz CT molecular complexity index is 1770. The molecule has 0 N–H and O–H groups in total. The molecule has 3 nitrogen and oxygen atoms in total. The number of hydrogen-bond donors (Lipinski definition) is 0. The SMILES string of the molecule is O=C(c1ccccc1)C(c1ccccc1)P12(OC(C(F)(F)F)(C(F)(F)F)c3ccccc31)OC(C(F)(F)F)(C(F)(F)F)c1ccccc12. The Morgan fingerprint density at radius 1 is 0.500 bits per heavy atom. The first-order valence-corrected chi connectivity index (χ1v) is 15.9. The van der Waals surface area contributed by atoms with Gasteiger partial charge in [-0.25, -0.2) is 0 Å². The van der Waals surface area contributed by atoms with Gasteiger partial charge in [0, 0.05) is 0 Å². The van der Waals surface area contributed by atoms with Crippen LogP contribution in [0, 0.1) is 0 Å². The van der Waals surface area contributed by atoms with Gasteiger partial charge in [-0.2, -0.15) is 0 Å². The van der Waals surface area contributed by atoms with Crippen LogP contribution in [0.1, 0.15) is 32.7 Å². The second-order valence-corrected chi connectivity index (χ2v) is 15.0. The van der Waals surface area contributed by atoms with Crippen molar-refractivity contribution in [2.45, 2.75) is 41.6 Å². The van der Waals surface area contributed by atoms with Crippen LogP contribution in [-0.4, -0.2) is 30.5 Å². The molecule has 0 bridgehead atoms. The van der Waals surface area contributed by atoms with Gasteiger partial charge in [0.1, 0.15) is 0 Å². The Morgan fingerprint density at radius 2 is 0.833 bits per heavy atom. The average Bonchev–Trinajstić information content (AvgIpc) is 3.46. The molecular weight excluding hydrogens is 691 g/mol. The van der Waals surface area contributed by atoms with Gasteiger partial charge in [0.25, 0.3) is 0 Å². The van der Waals surface area contributed by atoms with Crippen molar-refractivity contribution < 1.29 is 66.5 Å². The molecular formula is C32H19F12O3P. The minimum atomic E-state index is -7.47. The summed E-state index contributed by atoms with van der Waals surface area (Å²) < 4.78 is 193. The maximum atomic E-state index is 15.2. The molecule has 0 aromatic heterocycles. The van der Waals surface area contributed by atoms with E-state index < -0.39 is 87.3 Å². The fourth-order valence-corrected chi connectivity index (χ4v) is 13.4. The molecule has 0 aliphatic carbocycles. The summed E-state index contributed by atoms with van der Waals surface area (Å²) in [4.78, 5) is 14.7. The summed E-state index contributed by atoms with van der Waals surface area (Å²) in [5.74, 6) is -1.45. The number of carbonyl (C=O) groups is 1. The topological polar surface area (TPSA) is 35.5 Å². The third-order valence-electron chi connectivity index (χ3n) is 8.60. The first-order valence-electron chi connectivity index (χ1n) is 13.8. The van der Waals surface area contributed by atoms with E-state index in [4.69, 9.17) is 9.05 Å². The quantitative estimate of drug-likeness (QED) is 0.120. The average molecular weight is 710 g/mol. The number of halogens is 12. The number of carbonyl (C=O) groups excluding carboxylic acids is 1. The van der Waals surface area contributed by atoms with Gasteiger partial charge >= 0.3 is 263 Å². The van der Waals surface area contributed by atoms with Crippen molar-refractivity contribution in [3.8, 4) is 0 Å². The van der Waals surface area contributed by atoms with Crippen molar-refractivity contribution in [1.29, 1.82) is 0 Å². The normalized spacial score (nSPS) is 20.7. The van der Waals surface area contributed by atoms with Crippen molar-refractivity contribution in [1.82, 2.24) is 0 Å². The molecule has 0 radical (unpaired) electrons. The Labute approximate surface area is 263 Å². The monoisotopic (exact) mass is 710 g/mol. The van der Waals surface area contributed by atoms with Crippen LogP contribution in [-0.2, 0) is 20.2 Å². The summed E-state index contributed by atoms with van der Waals surface area (Å²) in [6, 6.07) is 16.0. The Morgan fingerprint density at radius 3 is 1.21 bits per heavy atom. The van der Waals surface area contributed by atoms with Gasteiger partial charge in [-0.05, 0) is 0 Å². The number of fused-ring (bicyclic) bond motifs is 4. The van der Waals surface area contributed by atoms with Crippen molar-refractivity contribution in [3.63, 3.8) is 0 Å². The Kier molecular flexibility index (Phi) is 7.27. The number of hydrogen-bond acceptors (Lipinski definition) is 3. The molecule has 4 aromatic rings. The first kappa shape index (κ1) is 33.9. The minimum absolute atomic E-state index is 0.250. The molecule has 48 heavy (non-hydrogen) atoms. The predicted octanol–water partition coefficient (Wildman–Crippen LogP) is 9.35. The molecule has 0 saturated heterocycles. The van der Waals surface area contributed by atoms with E-state index in [2.05, 4.69) is 0 Å². The maximum absolute atomic E-state index is 15.2. The van der Waals surface area contributed by atoms with E-state index in [1.54, 1.807) is 0 Å². The summed E-state index contributed by atoms with van der Waals surface area (Å²) in [5.41, 5.74) is -18.6. The molecule has 2 aliphatic heterocycles. The zero-order valence-electron chi connectivity index (χ0n) is 23.7. The molecule has 0 saturated carbocycles. The van der Waals surface area contributed by atoms with Crippen LogP contribution < -0.4 is 10.6 Å². The van der Waals surface area contributed by atoms with Gasteiger partial charge < -0.3 is 0 Å². The van der Waals surface area contributed by atoms with E-state index in [9.17, 15) is 4.79 Å². The van der Waals surface area contributed by atoms with E-state index in [0.717, 1.165) is 48.5 Å². The van der Waals surface area contributed by atoms with Crippen molar-refractivity contribution in [2.24, 2.45) is 0 Å². The zero-order chi connectivity index (χ0) is 35.2. The van der Waals surface area contributed by atoms with Crippen LogP contribution >= 0.6 is 7.06 Å². The van der Waals surface area contributed by atoms with Crippen LogP contribution in [0.4, 0.5) is 52.7 Å². The molecule has 0 fully saturated rings. The number of ketones is 1. The summed E-state index contributed by atoms with van der Waals surface area (Å²) in [5, 5.41) is -2.81. The molecule has 0 amide bonds. The van der Waals surface area contributed by atoms with Crippen LogP contribution in [0.25, 0.3) is 0 Å².